The molecule has 1 spiro atoms. The van der Waals surface area contributed by atoms with Crippen molar-refractivity contribution in [2.75, 3.05) is 24.6 Å². The minimum atomic E-state index is -0.0631. The van der Waals surface area contributed by atoms with E-state index in [4.69, 9.17) is 9.47 Å². The molecule has 5 atom stereocenters. The van der Waals surface area contributed by atoms with E-state index >= 15 is 0 Å². The molecule has 0 aliphatic carbocycles. The fourth-order valence-corrected chi connectivity index (χ4v) is 4.78. The van der Waals surface area contributed by atoms with Crippen molar-refractivity contribution in [3.8, 4) is 0 Å². The first-order valence-corrected chi connectivity index (χ1v) is 9.33. The van der Waals surface area contributed by atoms with Gasteiger partial charge >= 0.3 is 0 Å². The standard InChI is InChI=1S/C17H29N5O2/c1-12-6-13(2)9-21(8-12)16-18-19-20-22(16)10-15-4-5-17(24-15)7-14(3)23-11-17/h12-15H,4-11H2,1-3H3. The first kappa shape index (κ1) is 16.3. The van der Waals surface area contributed by atoms with Gasteiger partial charge < -0.3 is 14.4 Å². The summed E-state index contributed by atoms with van der Waals surface area (Å²) in [7, 11) is 0. The number of hydrogen-bond donors (Lipinski definition) is 0. The van der Waals surface area contributed by atoms with Gasteiger partial charge in [0.25, 0.3) is 0 Å². The van der Waals surface area contributed by atoms with Crippen LogP contribution in [-0.2, 0) is 16.0 Å². The summed E-state index contributed by atoms with van der Waals surface area (Å²) in [6.45, 7) is 10.3. The van der Waals surface area contributed by atoms with Gasteiger partial charge in [-0.05, 0) is 48.4 Å². The van der Waals surface area contributed by atoms with E-state index in [1.807, 2.05) is 4.68 Å². The number of rotatable bonds is 3. The first-order chi connectivity index (χ1) is 11.5. The first-order valence-electron chi connectivity index (χ1n) is 9.33. The van der Waals surface area contributed by atoms with Crippen molar-refractivity contribution in [1.29, 1.82) is 0 Å². The van der Waals surface area contributed by atoms with E-state index in [9.17, 15) is 0 Å². The number of nitrogens with zero attached hydrogens (tertiary/aromatic N) is 5. The molecule has 3 aliphatic heterocycles. The Balaban J connectivity index is 1.42. The third kappa shape index (κ3) is 3.16. The minimum Gasteiger partial charge on any atom is -0.375 e. The van der Waals surface area contributed by atoms with Crippen LogP contribution in [0.4, 0.5) is 5.95 Å². The highest BCUT2D eigenvalue weighted by Crippen LogP contribution is 2.40. The molecule has 0 N–H and O–H groups in total. The number of tetrazole rings is 1. The molecular formula is C17H29N5O2. The Bertz CT molecular complexity index is 569. The van der Waals surface area contributed by atoms with E-state index in [-0.39, 0.29) is 11.7 Å². The average molecular weight is 335 g/mol. The van der Waals surface area contributed by atoms with Crippen LogP contribution in [0.15, 0.2) is 0 Å². The summed E-state index contributed by atoms with van der Waals surface area (Å²) < 4.78 is 14.1. The van der Waals surface area contributed by atoms with Gasteiger partial charge in [-0.2, -0.15) is 0 Å². The topological polar surface area (TPSA) is 65.3 Å². The Morgan fingerprint density at radius 2 is 2.00 bits per heavy atom. The fraction of sp³-hybridized carbons (Fsp3) is 0.941. The second-order valence-corrected chi connectivity index (χ2v) is 8.30. The van der Waals surface area contributed by atoms with E-state index < -0.39 is 0 Å². The van der Waals surface area contributed by atoms with Gasteiger partial charge in [-0.15, -0.1) is 0 Å². The molecule has 0 bridgehead atoms. The predicted molar refractivity (Wildman–Crippen MR) is 89.8 cm³/mol. The van der Waals surface area contributed by atoms with Crippen molar-refractivity contribution in [2.24, 2.45) is 11.8 Å². The zero-order chi connectivity index (χ0) is 16.7. The maximum absolute atomic E-state index is 6.38. The van der Waals surface area contributed by atoms with E-state index in [0.29, 0.717) is 17.9 Å². The summed E-state index contributed by atoms with van der Waals surface area (Å²) in [5.74, 6) is 2.26. The van der Waals surface area contributed by atoms with Crippen molar-refractivity contribution in [3.63, 3.8) is 0 Å². The molecule has 134 valence electrons. The monoisotopic (exact) mass is 335 g/mol. The molecule has 7 heteroatoms. The Hall–Kier alpha value is -1.21. The second kappa shape index (κ2) is 6.26. The van der Waals surface area contributed by atoms with Crippen LogP contribution in [0, 0.1) is 11.8 Å². The van der Waals surface area contributed by atoms with Crippen molar-refractivity contribution in [3.05, 3.63) is 0 Å². The van der Waals surface area contributed by atoms with Crippen molar-refractivity contribution in [2.45, 2.75) is 70.8 Å². The summed E-state index contributed by atoms with van der Waals surface area (Å²) in [5, 5.41) is 12.5. The number of ether oxygens (including phenoxy) is 2. The van der Waals surface area contributed by atoms with Crippen molar-refractivity contribution < 1.29 is 9.47 Å². The van der Waals surface area contributed by atoms with Gasteiger partial charge in [-0.3, -0.25) is 0 Å². The van der Waals surface area contributed by atoms with Gasteiger partial charge in [-0.25, -0.2) is 4.68 Å². The van der Waals surface area contributed by atoms with Crippen LogP contribution in [0.5, 0.6) is 0 Å². The Morgan fingerprint density at radius 1 is 1.21 bits per heavy atom. The van der Waals surface area contributed by atoms with Crippen LogP contribution in [0.25, 0.3) is 0 Å². The lowest BCUT2D eigenvalue weighted by Crippen LogP contribution is -2.40. The normalized spacial score (nSPS) is 39.9. The summed E-state index contributed by atoms with van der Waals surface area (Å²) in [6, 6.07) is 0. The molecule has 0 saturated carbocycles. The van der Waals surface area contributed by atoms with Crippen molar-refractivity contribution >= 4 is 5.95 Å². The van der Waals surface area contributed by atoms with Gasteiger partial charge in [0, 0.05) is 19.5 Å². The lowest BCUT2D eigenvalue weighted by Gasteiger charge is -2.35. The van der Waals surface area contributed by atoms with Gasteiger partial charge in [0.15, 0.2) is 0 Å². The molecular weight excluding hydrogens is 306 g/mol. The average Bonchev–Trinajstić information content (AvgIpc) is 3.21. The summed E-state index contributed by atoms with van der Waals surface area (Å²) in [4.78, 5) is 2.34. The van der Waals surface area contributed by atoms with Crippen LogP contribution < -0.4 is 4.90 Å². The Kier molecular flexibility index (Phi) is 4.24. The molecule has 0 aromatic carbocycles. The molecule has 4 rings (SSSR count). The van der Waals surface area contributed by atoms with Crippen LogP contribution in [0.3, 0.4) is 0 Å². The molecule has 24 heavy (non-hydrogen) atoms. The molecule has 3 fully saturated rings. The largest absolute Gasteiger partial charge is 0.375 e. The van der Waals surface area contributed by atoms with E-state index in [2.05, 4.69) is 41.2 Å². The molecule has 3 aliphatic rings. The highest BCUT2D eigenvalue weighted by molar-refractivity contribution is 5.29. The molecule has 1 aromatic heterocycles. The molecule has 3 saturated heterocycles. The number of anilines is 1. The van der Waals surface area contributed by atoms with E-state index in [0.717, 1.165) is 51.5 Å². The van der Waals surface area contributed by atoms with Gasteiger partial charge in [0.1, 0.15) is 0 Å². The van der Waals surface area contributed by atoms with Crippen LogP contribution in [0.2, 0.25) is 0 Å². The van der Waals surface area contributed by atoms with Gasteiger partial charge in [0.05, 0.1) is 31.0 Å². The quantitative estimate of drug-likeness (QED) is 0.840. The third-order valence-corrected chi connectivity index (χ3v) is 5.67. The zero-order valence-corrected chi connectivity index (χ0v) is 15.0. The van der Waals surface area contributed by atoms with Crippen LogP contribution in [0.1, 0.15) is 46.5 Å². The highest BCUT2D eigenvalue weighted by Gasteiger charge is 2.46. The fourth-order valence-electron chi connectivity index (χ4n) is 4.78. The zero-order valence-electron chi connectivity index (χ0n) is 15.0. The maximum atomic E-state index is 6.38. The Morgan fingerprint density at radius 3 is 2.71 bits per heavy atom. The number of hydrogen-bond acceptors (Lipinski definition) is 6. The summed E-state index contributed by atoms with van der Waals surface area (Å²) >= 11 is 0. The lowest BCUT2D eigenvalue weighted by atomic mass is 9.92. The molecule has 5 unspecified atom stereocenters. The lowest BCUT2D eigenvalue weighted by molar-refractivity contribution is -0.0508. The number of piperidine rings is 1. The predicted octanol–water partition coefficient (Wildman–Crippen LogP) is 1.88. The Labute approximate surface area is 143 Å². The SMILES string of the molecule is CC1CC(C)CN(c2nnnn2CC2CCC3(COC(C)C3)O2)C1. The molecule has 7 nitrogen and oxygen atoms in total. The van der Waals surface area contributed by atoms with Crippen molar-refractivity contribution in [1.82, 2.24) is 20.2 Å². The van der Waals surface area contributed by atoms with Crippen LogP contribution in [-0.4, -0.2) is 57.7 Å². The summed E-state index contributed by atoms with van der Waals surface area (Å²) in [5.41, 5.74) is -0.0631. The molecule has 0 amide bonds. The molecule has 1 aromatic rings. The van der Waals surface area contributed by atoms with Crippen LogP contribution >= 0.6 is 0 Å². The van der Waals surface area contributed by atoms with Gasteiger partial charge in [0.2, 0.25) is 5.95 Å². The third-order valence-electron chi connectivity index (χ3n) is 5.67. The molecule has 4 heterocycles. The minimum absolute atomic E-state index is 0.0631. The smallest absolute Gasteiger partial charge is 0.245 e. The van der Waals surface area contributed by atoms with Gasteiger partial charge in [-0.1, -0.05) is 18.9 Å². The number of aromatic nitrogens is 4. The van der Waals surface area contributed by atoms with E-state index in [1.54, 1.807) is 0 Å². The highest BCUT2D eigenvalue weighted by atomic mass is 16.6. The molecule has 0 radical (unpaired) electrons. The van der Waals surface area contributed by atoms with E-state index in [1.165, 1.54) is 6.42 Å². The second-order valence-electron chi connectivity index (χ2n) is 8.30. The summed E-state index contributed by atoms with van der Waals surface area (Å²) in [6.07, 6.45) is 4.92. The maximum Gasteiger partial charge on any atom is 0.245 e.